The Morgan fingerprint density at radius 3 is 2.17 bits per heavy atom. The Labute approximate surface area is 112 Å². The second-order valence-corrected chi connectivity index (χ2v) is 7.10. The zero-order chi connectivity index (χ0) is 13.6. The molecule has 1 nitrogen and oxygen atoms in total. The van der Waals surface area contributed by atoms with Crippen LogP contribution >= 0.6 is 0 Å². The number of nitrogens with two attached hydrogens (primary N) is 1. The largest absolute Gasteiger partial charge is 0.321 e. The summed E-state index contributed by atoms with van der Waals surface area (Å²) in [5.41, 5.74) is 12.5. The molecule has 18 heavy (non-hydrogen) atoms. The summed E-state index contributed by atoms with van der Waals surface area (Å²) >= 11 is 0. The highest BCUT2D eigenvalue weighted by atomic mass is 14.8. The van der Waals surface area contributed by atoms with Crippen molar-refractivity contribution in [1.82, 2.24) is 0 Å². The van der Waals surface area contributed by atoms with Gasteiger partial charge in [0.25, 0.3) is 0 Å². The van der Waals surface area contributed by atoms with Crippen LogP contribution in [0.5, 0.6) is 0 Å². The highest BCUT2D eigenvalue weighted by Gasteiger charge is 2.39. The third kappa shape index (κ3) is 2.47. The van der Waals surface area contributed by atoms with E-state index in [1.807, 2.05) is 0 Å². The van der Waals surface area contributed by atoms with Gasteiger partial charge in [0.1, 0.15) is 0 Å². The predicted octanol–water partition coefficient (Wildman–Crippen LogP) is 4.37. The van der Waals surface area contributed by atoms with Gasteiger partial charge in [0.2, 0.25) is 0 Å². The normalized spacial score (nSPS) is 27.2. The van der Waals surface area contributed by atoms with Crippen LogP contribution < -0.4 is 5.73 Å². The zero-order valence-corrected chi connectivity index (χ0v) is 12.6. The molecule has 1 atom stereocenters. The van der Waals surface area contributed by atoms with Crippen molar-refractivity contribution in [3.8, 4) is 0 Å². The summed E-state index contributed by atoms with van der Waals surface area (Å²) in [6.45, 7) is 11.3. The van der Waals surface area contributed by atoms with Crippen LogP contribution in [0.1, 0.15) is 61.8 Å². The van der Waals surface area contributed by atoms with E-state index in [0.717, 1.165) is 12.8 Å². The molecule has 2 N–H and O–H groups in total. The van der Waals surface area contributed by atoms with Gasteiger partial charge in [-0.05, 0) is 67.7 Å². The second-order valence-electron chi connectivity index (χ2n) is 7.10. The van der Waals surface area contributed by atoms with Crippen molar-refractivity contribution >= 4 is 0 Å². The van der Waals surface area contributed by atoms with Gasteiger partial charge in [0, 0.05) is 5.54 Å². The summed E-state index contributed by atoms with van der Waals surface area (Å²) in [7, 11) is 0. The zero-order valence-electron chi connectivity index (χ0n) is 12.6. The van der Waals surface area contributed by atoms with Crippen LogP contribution in [0.4, 0.5) is 0 Å². The van der Waals surface area contributed by atoms with E-state index in [0.29, 0.717) is 5.41 Å². The van der Waals surface area contributed by atoms with E-state index >= 15 is 0 Å². The third-order valence-corrected chi connectivity index (χ3v) is 4.65. The van der Waals surface area contributed by atoms with Gasteiger partial charge < -0.3 is 5.73 Å². The Morgan fingerprint density at radius 2 is 1.56 bits per heavy atom. The van der Waals surface area contributed by atoms with Gasteiger partial charge in [-0.25, -0.2) is 0 Å². The van der Waals surface area contributed by atoms with Crippen molar-refractivity contribution in [2.24, 2.45) is 11.1 Å². The van der Waals surface area contributed by atoms with Gasteiger partial charge in [-0.15, -0.1) is 0 Å². The van der Waals surface area contributed by atoms with Crippen LogP contribution in [0.2, 0.25) is 0 Å². The van der Waals surface area contributed by atoms with Gasteiger partial charge in [0.15, 0.2) is 0 Å². The van der Waals surface area contributed by atoms with Gasteiger partial charge in [-0.3, -0.25) is 0 Å². The lowest BCUT2D eigenvalue weighted by Crippen LogP contribution is -2.44. The van der Waals surface area contributed by atoms with Crippen molar-refractivity contribution in [3.05, 3.63) is 34.4 Å². The standard InChI is InChI=1S/C17H27N/c1-12-9-14(3)15(10-13(12)2)17(18)8-6-7-16(4,5)11-17/h9-10H,6-8,11,18H2,1-5H3. The molecule has 100 valence electrons. The smallest absolute Gasteiger partial charge is 0.0417 e. The quantitative estimate of drug-likeness (QED) is 0.781. The molecule has 1 aliphatic carbocycles. The number of hydrogen-bond acceptors (Lipinski definition) is 1. The summed E-state index contributed by atoms with van der Waals surface area (Å²) in [4.78, 5) is 0. The molecule has 0 radical (unpaired) electrons. The maximum atomic E-state index is 6.78. The van der Waals surface area contributed by atoms with Crippen LogP contribution in [0.25, 0.3) is 0 Å². The molecule has 0 spiro atoms. The molecule has 0 aliphatic heterocycles. The molecule has 1 aromatic carbocycles. The highest BCUT2D eigenvalue weighted by molar-refractivity contribution is 5.40. The Balaban J connectivity index is 2.44. The van der Waals surface area contributed by atoms with E-state index in [1.165, 1.54) is 35.1 Å². The van der Waals surface area contributed by atoms with Gasteiger partial charge in [0.05, 0.1) is 0 Å². The maximum Gasteiger partial charge on any atom is 0.0417 e. The number of hydrogen-bond donors (Lipinski definition) is 1. The molecule has 1 unspecified atom stereocenters. The summed E-state index contributed by atoms with van der Waals surface area (Å²) in [5, 5.41) is 0. The molecular formula is C17H27N. The molecule has 0 heterocycles. The monoisotopic (exact) mass is 245 g/mol. The number of rotatable bonds is 1. The molecule has 0 saturated heterocycles. The fourth-order valence-electron chi connectivity index (χ4n) is 3.64. The fraction of sp³-hybridized carbons (Fsp3) is 0.647. The van der Waals surface area contributed by atoms with Crippen molar-refractivity contribution in [1.29, 1.82) is 0 Å². The molecule has 1 aliphatic rings. The lowest BCUT2D eigenvalue weighted by Gasteiger charge is -2.43. The van der Waals surface area contributed by atoms with Crippen LogP contribution in [-0.2, 0) is 5.54 Å². The average molecular weight is 245 g/mol. The first kappa shape index (κ1) is 13.6. The Hall–Kier alpha value is -0.820. The summed E-state index contributed by atoms with van der Waals surface area (Å²) < 4.78 is 0. The van der Waals surface area contributed by atoms with Crippen LogP contribution in [0.3, 0.4) is 0 Å². The molecule has 1 heteroatoms. The molecule has 1 saturated carbocycles. The minimum Gasteiger partial charge on any atom is -0.321 e. The number of aryl methyl sites for hydroxylation is 3. The third-order valence-electron chi connectivity index (χ3n) is 4.65. The molecular weight excluding hydrogens is 218 g/mol. The first-order chi connectivity index (χ1) is 8.23. The molecule has 1 aromatic rings. The van der Waals surface area contributed by atoms with Crippen LogP contribution in [0.15, 0.2) is 12.1 Å². The van der Waals surface area contributed by atoms with Crippen molar-refractivity contribution in [2.75, 3.05) is 0 Å². The summed E-state index contributed by atoms with van der Waals surface area (Å²) in [6, 6.07) is 4.62. The van der Waals surface area contributed by atoms with E-state index in [4.69, 9.17) is 5.73 Å². The van der Waals surface area contributed by atoms with E-state index in [2.05, 4.69) is 46.8 Å². The van der Waals surface area contributed by atoms with Gasteiger partial charge in [-0.1, -0.05) is 32.4 Å². The predicted molar refractivity (Wildman–Crippen MR) is 78.8 cm³/mol. The Morgan fingerprint density at radius 1 is 0.944 bits per heavy atom. The van der Waals surface area contributed by atoms with E-state index in [-0.39, 0.29) is 5.54 Å². The average Bonchev–Trinajstić information content (AvgIpc) is 2.21. The van der Waals surface area contributed by atoms with E-state index in [1.54, 1.807) is 0 Å². The first-order valence-electron chi connectivity index (χ1n) is 7.11. The van der Waals surface area contributed by atoms with E-state index in [9.17, 15) is 0 Å². The SMILES string of the molecule is Cc1cc(C)c(C2(N)CCCC(C)(C)C2)cc1C. The topological polar surface area (TPSA) is 26.0 Å². The van der Waals surface area contributed by atoms with Crippen molar-refractivity contribution < 1.29 is 0 Å². The van der Waals surface area contributed by atoms with Crippen molar-refractivity contribution in [2.45, 2.75) is 65.8 Å². The summed E-state index contributed by atoms with van der Waals surface area (Å²) in [5.74, 6) is 0. The second kappa shape index (κ2) is 4.38. The van der Waals surface area contributed by atoms with Gasteiger partial charge >= 0.3 is 0 Å². The molecule has 1 fully saturated rings. The molecule has 0 bridgehead atoms. The molecule has 0 aromatic heterocycles. The lowest BCUT2D eigenvalue weighted by atomic mass is 9.65. The number of benzene rings is 1. The molecule has 0 amide bonds. The minimum atomic E-state index is -0.121. The molecule has 2 rings (SSSR count). The van der Waals surface area contributed by atoms with Crippen LogP contribution in [0, 0.1) is 26.2 Å². The lowest BCUT2D eigenvalue weighted by molar-refractivity contribution is 0.150. The summed E-state index contributed by atoms with van der Waals surface area (Å²) in [6.07, 6.45) is 4.77. The van der Waals surface area contributed by atoms with E-state index < -0.39 is 0 Å². The highest BCUT2D eigenvalue weighted by Crippen LogP contribution is 2.45. The van der Waals surface area contributed by atoms with Gasteiger partial charge in [-0.2, -0.15) is 0 Å². The van der Waals surface area contributed by atoms with Crippen molar-refractivity contribution in [3.63, 3.8) is 0 Å². The minimum absolute atomic E-state index is 0.121. The first-order valence-corrected chi connectivity index (χ1v) is 7.11. The van der Waals surface area contributed by atoms with Crippen LogP contribution in [-0.4, -0.2) is 0 Å². The Kier molecular flexibility index (Phi) is 3.31. The fourth-order valence-corrected chi connectivity index (χ4v) is 3.64. The Bertz CT molecular complexity index is 459. The maximum absolute atomic E-state index is 6.78.